The Morgan fingerprint density at radius 1 is 0.940 bits per heavy atom. The number of phenolic OH excluding ortho intramolecular Hbond substituents is 1. The maximum atomic E-state index is 17.0. The van der Waals surface area contributed by atoms with Crippen LogP contribution >= 0.6 is 0 Å². The van der Waals surface area contributed by atoms with Crippen LogP contribution in [0, 0.1) is 34.8 Å². The van der Waals surface area contributed by atoms with E-state index in [1.807, 2.05) is 6.07 Å². The second-order valence-corrected chi connectivity index (χ2v) is 15.7. The fourth-order valence-corrected chi connectivity index (χ4v) is 9.25. The van der Waals surface area contributed by atoms with Crippen LogP contribution in [0.2, 0.25) is 0 Å². The van der Waals surface area contributed by atoms with Crippen molar-refractivity contribution in [2.24, 2.45) is 10.8 Å². The minimum Gasteiger partial charge on any atom is -0.508 e. The Labute approximate surface area is 291 Å². The second kappa shape index (κ2) is 12.3. The summed E-state index contributed by atoms with van der Waals surface area (Å²) in [5.74, 6) is 1.87. The highest BCUT2D eigenvalue weighted by atomic mass is 19.1. The van der Waals surface area contributed by atoms with Crippen LogP contribution in [0.25, 0.3) is 32.8 Å². The van der Waals surface area contributed by atoms with Gasteiger partial charge in [0.1, 0.15) is 22.9 Å². The average Bonchev–Trinajstić information content (AvgIpc) is 3.81. The SMILES string of the molecule is C#Cc1c(F)ccc2cc(O)cc(-c3ccc4c(N5CC6CCC(C5)N6)nc(OCC5(CN6CCC7(CCNCC7)CC6)CC5)nc4c3F)c12. The van der Waals surface area contributed by atoms with E-state index in [2.05, 4.69) is 26.4 Å². The maximum Gasteiger partial charge on any atom is 0.319 e. The molecule has 1 spiro atoms. The summed E-state index contributed by atoms with van der Waals surface area (Å²) in [6.45, 7) is 7.56. The molecule has 10 heteroatoms. The van der Waals surface area contributed by atoms with Gasteiger partial charge in [-0.3, -0.25) is 0 Å². The molecule has 8 nitrogen and oxygen atoms in total. The van der Waals surface area contributed by atoms with Crippen molar-refractivity contribution in [3.63, 3.8) is 0 Å². The zero-order chi connectivity index (χ0) is 34.0. The number of aromatic hydroxyl groups is 1. The Morgan fingerprint density at radius 2 is 1.70 bits per heavy atom. The molecular weight excluding hydrogens is 634 g/mol. The predicted molar refractivity (Wildman–Crippen MR) is 192 cm³/mol. The summed E-state index contributed by atoms with van der Waals surface area (Å²) in [6.07, 6.45) is 15.2. The van der Waals surface area contributed by atoms with Crippen molar-refractivity contribution < 1.29 is 18.6 Å². The van der Waals surface area contributed by atoms with Gasteiger partial charge in [-0.2, -0.15) is 9.97 Å². The molecule has 260 valence electrons. The van der Waals surface area contributed by atoms with E-state index in [1.54, 1.807) is 12.1 Å². The third kappa shape index (κ3) is 5.73. The lowest BCUT2D eigenvalue weighted by Crippen LogP contribution is -2.51. The van der Waals surface area contributed by atoms with E-state index in [0.29, 0.717) is 51.6 Å². The second-order valence-electron chi connectivity index (χ2n) is 15.7. The van der Waals surface area contributed by atoms with Gasteiger partial charge in [-0.15, -0.1) is 6.42 Å². The Bertz CT molecular complexity index is 2000. The zero-order valence-electron chi connectivity index (χ0n) is 28.4. The number of nitrogens with one attached hydrogen (secondary N) is 2. The maximum absolute atomic E-state index is 17.0. The average molecular weight is 679 g/mol. The summed E-state index contributed by atoms with van der Waals surface area (Å²) >= 11 is 0. The van der Waals surface area contributed by atoms with Crippen molar-refractivity contribution in [1.29, 1.82) is 0 Å². The molecule has 4 saturated heterocycles. The lowest BCUT2D eigenvalue weighted by molar-refractivity contribution is 0.0547. The lowest BCUT2D eigenvalue weighted by atomic mass is 9.71. The summed E-state index contributed by atoms with van der Waals surface area (Å²) in [5, 5.41) is 19.3. The van der Waals surface area contributed by atoms with Crippen LogP contribution in [0.4, 0.5) is 14.6 Å². The molecule has 5 fully saturated rings. The molecule has 3 aromatic carbocycles. The summed E-state index contributed by atoms with van der Waals surface area (Å²) < 4.78 is 38.3. The number of hydrogen-bond donors (Lipinski definition) is 3. The van der Waals surface area contributed by atoms with Crippen LogP contribution in [-0.4, -0.2) is 84.5 Å². The van der Waals surface area contributed by atoms with Crippen molar-refractivity contribution >= 4 is 27.5 Å². The molecule has 4 aromatic rings. The van der Waals surface area contributed by atoms with E-state index in [1.165, 1.54) is 43.9 Å². The fraction of sp³-hybridized carbons (Fsp3) is 0.500. The normalized spacial score (nSPS) is 24.1. The van der Waals surface area contributed by atoms with Crippen LogP contribution in [0.15, 0.2) is 36.4 Å². The smallest absolute Gasteiger partial charge is 0.319 e. The highest BCUT2D eigenvalue weighted by Crippen LogP contribution is 2.48. The van der Waals surface area contributed by atoms with Gasteiger partial charge in [0.25, 0.3) is 0 Å². The van der Waals surface area contributed by atoms with E-state index >= 15 is 4.39 Å². The van der Waals surface area contributed by atoms with Crippen LogP contribution < -0.4 is 20.3 Å². The van der Waals surface area contributed by atoms with E-state index < -0.39 is 11.6 Å². The number of rotatable bonds is 7. The summed E-state index contributed by atoms with van der Waals surface area (Å²) in [4.78, 5) is 14.5. The number of halogens is 2. The first-order valence-electron chi connectivity index (χ1n) is 18.3. The molecule has 5 heterocycles. The highest BCUT2D eigenvalue weighted by molar-refractivity contribution is 6.04. The van der Waals surface area contributed by atoms with E-state index in [-0.39, 0.29) is 33.8 Å². The van der Waals surface area contributed by atoms with Crippen LogP contribution in [-0.2, 0) is 0 Å². The Hall–Kier alpha value is -4.04. The monoisotopic (exact) mass is 678 g/mol. The van der Waals surface area contributed by atoms with Crippen molar-refractivity contribution in [2.75, 3.05) is 57.3 Å². The van der Waals surface area contributed by atoms with Gasteiger partial charge in [0.15, 0.2) is 5.82 Å². The quantitative estimate of drug-likeness (QED) is 0.206. The molecule has 9 rings (SSSR count). The summed E-state index contributed by atoms with van der Waals surface area (Å²) in [6, 6.07) is 10.1. The van der Waals surface area contributed by atoms with Gasteiger partial charge >= 0.3 is 6.01 Å². The first kappa shape index (κ1) is 31.9. The predicted octanol–water partition coefficient (Wildman–Crippen LogP) is 5.98. The standard InChI is InChI=1S/C40H44F2N6O2/c1-2-29-33(41)8-3-25-19-28(49)20-32(34(25)29)30-6-7-31-36(35(30)42)45-38(46-37(31)48-21-26-4-5-27(22-48)44-26)50-24-40(9-10-40)23-47-17-13-39(14-18-47)11-15-43-16-12-39/h1,3,6-8,19-20,26-27,43-44,49H,4-5,9-18,21-24H2. The molecule has 50 heavy (non-hydrogen) atoms. The summed E-state index contributed by atoms with van der Waals surface area (Å²) in [5.41, 5.74) is 1.21. The Balaban J connectivity index is 1.05. The van der Waals surface area contributed by atoms with Crippen molar-refractivity contribution in [1.82, 2.24) is 25.5 Å². The number of ether oxygens (including phenoxy) is 1. The molecule has 2 bridgehead atoms. The molecule has 0 amide bonds. The number of nitrogens with zero attached hydrogens (tertiary/aromatic N) is 4. The molecule has 1 aromatic heterocycles. The zero-order valence-corrected chi connectivity index (χ0v) is 28.4. The van der Waals surface area contributed by atoms with Gasteiger partial charge in [0.2, 0.25) is 0 Å². The van der Waals surface area contributed by atoms with Gasteiger partial charge in [0, 0.05) is 53.5 Å². The molecule has 1 saturated carbocycles. The van der Waals surface area contributed by atoms with E-state index in [0.717, 1.165) is 71.5 Å². The molecular formula is C40H44F2N6O2. The topological polar surface area (TPSA) is 85.8 Å². The number of piperazine rings is 1. The minimum atomic E-state index is -0.588. The van der Waals surface area contributed by atoms with E-state index in [9.17, 15) is 9.50 Å². The Morgan fingerprint density at radius 3 is 2.42 bits per heavy atom. The fourth-order valence-electron chi connectivity index (χ4n) is 9.25. The largest absolute Gasteiger partial charge is 0.508 e. The van der Waals surface area contributed by atoms with Crippen molar-refractivity contribution in [3.05, 3.63) is 53.6 Å². The van der Waals surface area contributed by atoms with Gasteiger partial charge in [-0.05, 0) is 118 Å². The first-order valence-corrected chi connectivity index (χ1v) is 18.3. The first-order chi connectivity index (χ1) is 24.3. The number of benzene rings is 3. The van der Waals surface area contributed by atoms with Crippen molar-refractivity contribution in [3.8, 4) is 35.2 Å². The number of fused-ring (bicyclic) bond motifs is 4. The van der Waals surface area contributed by atoms with Gasteiger partial charge in [-0.1, -0.05) is 18.1 Å². The molecule has 4 aliphatic heterocycles. The molecule has 2 unspecified atom stereocenters. The van der Waals surface area contributed by atoms with Crippen LogP contribution in [0.3, 0.4) is 0 Å². The third-order valence-electron chi connectivity index (χ3n) is 12.4. The molecule has 3 N–H and O–H groups in total. The number of piperidine rings is 2. The summed E-state index contributed by atoms with van der Waals surface area (Å²) in [7, 11) is 0. The Kier molecular flexibility index (Phi) is 7.87. The number of terminal acetylenes is 1. The molecule has 5 aliphatic rings. The van der Waals surface area contributed by atoms with Gasteiger partial charge < -0.3 is 30.3 Å². The minimum absolute atomic E-state index is 0.0232. The van der Waals surface area contributed by atoms with Gasteiger partial charge in [0.05, 0.1) is 12.2 Å². The van der Waals surface area contributed by atoms with Crippen molar-refractivity contribution in [2.45, 2.75) is 63.5 Å². The molecule has 0 radical (unpaired) electrons. The number of likely N-dealkylation sites (tertiary alicyclic amines) is 1. The van der Waals surface area contributed by atoms with Crippen LogP contribution in [0.1, 0.15) is 56.9 Å². The number of hydrogen-bond acceptors (Lipinski definition) is 8. The van der Waals surface area contributed by atoms with Gasteiger partial charge in [-0.25, -0.2) is 8.78 Å². The lowest BCUT2D eigenvalue weighted by Gasteiger charge is -2.45. The third-order valence-corrected chi connectivity index (χ3v) is 12.4. The van der Waals surface area contributed by atoms with E-state index in [4.69, 9.17) is 21.1 Å². The van der Waals surface area contributed by atoms with Crippen LogP contribution in [0.5, 0.6) is 11.8 Å². The molecule has 1 aliphatic carbocycles. The number of aromatic nitrogens is 2. The number of phenols is 1. The molecule has 2 atom stereocenters. The highest BCUT2D eigenvalue weighted by Gasteiger charge is 2.46. The number of anilines is 1.